The Morgan fingerprint density at radius 3 is 2.23 bits per heavy atom. The first-order valence-corrected chi connectivity index (χ1v) is 10.6. The second-order valence-corrected chi connectivity index (χ2v) is 7.91. The van der Waals surface area contributed by atoms with Gasteiger partial charge in [-0.1, -0.05) is 0 Å². The molecular weight excluding hydrogens is 468 g/mol. The van der Waals surface area contributed by atoms with E-state index >= 15 is 0 Å². The monoisotopic (exact) mass is 490 g/mol. The van der Waals surface area contributed by atoms with Crippen molar-refractivity contribution in [1.82, 2.24) is 19.9 Å². The van der Waals surface area contributed by atoms with Crippen LogP contribution in [0.2, 0.25) is 0 Å². The van der Waals surface area contributed by atoms with Gasteiger partial charge >= 0.3 is 12.1 Å². The van der Waals surface area contributed by atoms with E-state index in [-0.39, 0.29) is 11.7 Å². The van der Waals surface area contributed by atoms with E-state index in [0.29, 0.717) is 30.9 Å². The molecule has 0 saturated heterocycles. The number of benzene rings is 1. The van der Waals surface area contributed by atoms with Crippen molar-refractivity contribution in [3.63, 3.8) is 0 Å². The fourth-order valence-corrected chi connectivity index (χ4v) is 3.57. The lowest BCUT2D eigenvalue weighted by Gasteiger charge is -2.20. The molecule has 2 aromatic heterocycles. The van der Waals surface area contributed by atoms with E-state index in [9.17, 15) is 22.4 Å². The predicted molar refractivity (Wildman–Crippen MR) is 118 cm³/mol. The van der Waals surface area contributed by atoms with Crippen molar-refractivity contribution in [3.05, 3.63) is 76.6 Å². The van der Waals surface area contributed by atoms with Gasteiger partial charge in [-0.15, -0.1) is 0 Å². The zero-order chi connectivity index (χ0) is 25.8. The molecule has 0 aliphatic carbocycles. The minimum absolute atomic E-state index is 0.00613. The predicted octanol–water partition coefficient (Wildman–Crippen LogP) is 4.17. The first-order chi connectivity index (χ1) is 16.5. The van der Waals surface area contributed by atoms with Crippen molar-refractivity contribution in [2.24, 2.45) is 0 Å². The second-order valence-electron chi connectivity index (χ2n) is 7.91. The molecule has 4 rings (SSSR count). The number of halogens is 4. The van der Waals surface area contributed by atoms with E-state index in [4.69, 9.17) is 14.9 Å². The zero-order valence-corrected chi connectivity index (χ0v) is 18.9. The Morgan fingerprint density at radius 1 is 1.00 bits per heavy atom. The third-order valence-electron chi connectivity index (χ3n) is 5.30. The molecule has 7 nitrogen and oxygen atoms in total. The highest BCUT2D eigenvalue weighted by atomic mass is 19.4. The Hall–Kier alpha value is -3.89. The largest absolute Gasteiger partial charge is 0.490 e. The summed E-state index contributed by atoms with van der Waals surface area (Å²) in [6.07, 6.45) is -0.343. The second kappa shape index (κ2) is 10.6. The van der Waals surface area contributed by atoms with Gasteiger partial charge in [-0.05, 0) is 61.7 Å². The summed E-state index contributed by atoms with van der Waals surface area (Å²) < 4.78 is 44.9. The number of fused-ring (bicyclic) bond motifs is 1. The number of aromatic nitrogens is 3. The number of rotatable bonds is 2. The normalized spacial score (nSPS) is 13.3. The Kier molecular flexibility index (Phi) is 7.78. The Morgan fingerprint density at radius 2 is 1.63 bits per heavy atom. The van der Waals surface area contributed by atoms with E-state index in [2.05, 4.69) is 9.97 Å². The number of aryl methyl sites for hydroxylation is 2. The molecule has 0 unspecified atom stereocenters. The van der Waals surface area contributed by atoms with Crippen molar-refractivity contribution in [1.29, 1.82) is 0 Å². The van der Waals surface area contributed by atoms with Crippen LogP contribution in [0.15, 0.2) is 42.7 Å². The minimum atomic E-state index is -5.08. The molecule has 1 amide bonds. The molecule has 35 heavy (non-hydrogen) atoms. The van der Waals surface area contributed by atoms with Crippen LogP contribution in [0.4, 0.5) is 17.6 Å². The molecule has 0 bridgehead atoms. The highest BCUT2D eigenvalue weighted by Gasteiger charge is 2.38. The van der Waals surface area contributed by atoms with Crippen LogP contribution in [0.5, 0.6) is 0 Å². The summed E-state index contributed by atoms with van der Waals surface area (Å²) in [6.45, 7) is 5.12. The first-order valence-electron chi connectivity index (χ1n) is 10.6. The minimum Gasteiger partial charge on any atom is -0.475 e. The fourth-order valence-electron chi connectivity index (χ4n) is 3.57. The average molecular weight is 490 g/mol. The number of aliphatic carboxylic acids is 1. The number of hydrogen-bond acceptors (Lipinski definition) is 5. The Bertz CT molecular complexity index is 1230. The summed E-state index contributed by atoms with van der Waals surface area (Å²) in [7, 11) is 0. The number of pyridine rings is 1. The lowest BCUT2D eigenvalue weighted by Crippen LogP contribution is -2.33. The fraction of sp³-hybridized carbons (Fsp3) is 0.292. The number of amides is 1. The maximum absolute atomic E-state index is 13.2. The molecule has 0 saturated carbocycles. The molecule has 0 atom stereocenters. The van der Waals surface area contributed by atoms with Crippen LogP contribution < -0.4 is 0 Å². The average Bonchev–Trinajstić information content (AvgIpc) is 3.02. The van der Waals surface area contributed by atoms with Crippen LogP contribution >= 0.6 is 0 Å². The van der Waals surface area contributed by atoms with Gasteiger partial charge < -0.3 is 10.0 Å². The molecule has 1 aromatic carbocycles. The van der Waals surface area contributed by atoms with Crippen LogP contribution in [-0.2, 0) is 17.6 Å². The van der Waals surface area contributed by atoms with Crippen LogP contribution in [0, 0.1) is 19.7 Å². The highest BCUT2D eigenvalue weighted by molar-refractivity contribution is 5.94. The van der Waals surface area contributed by atoms with E-state index in [0.717, 1.165) is 34.5 Å². The maximum Gasteiger partial charge on any atom is 0.490 e. The number of nitrogens with zero attached hydrogens (tertiary/aromatic N) is 4. The number of hydrogen-bond donors (Lipinski definition) is 1. The van der Waals surface area contributed by atoms with Gasteiger partial charge in [0.2, 0.25) is 0 Å². The molecule has 0 fully saturated rings. The molecule has 1 N–H and O–H groups in total. The van der Waals surface area contributed by atoms with Crippen molar-refractivity contribution in [3.8, 4) is 11.4 Å². The summed E-state index contributed by atoms with van der Waals surface area (Å²) in [5, 5.41) is 7.12. The van der Waals surface area contributed by atoms with Crippen molar-refractivity contribution < 1.29 is 32.3 Å². The number of carbonyl (C=O) groups excluding carboxylic acids is 1. The molecule has 11 heteroatoms. The van der Waals surface area contributed by atoms with E-state index in [1.165, 1.54) is 12.1 Å². The Labute approximate surface area is 198 Å². The molecule has 1 aliphatic heterocycles. The lowest BCUT2D eigenvalue weighted by atomic mass is 10.1. The molecule has 184 valence electrons. The zero-order valence-electron chi connectivity index (χ0n) is 18.9. The van der Waals surface area contributed by atoms with E-state index in [1.807, 2.05) is 24.8 Å². The third-order valence-corrected chi connectivity index (χ3v) is 5.30. The van der Waals surface area contributed by atoms with Gasteiger partial charge in [0.25, 0.3) is 5.91 Å². The van der Waals surface area contributed by atoms with Crippen molar-refractivity contribution in [2.45, 2.75) is 32.9 Å². The van der Waals surface area contributed by atoms with Gasteiger partial charge in [-0.25, -0.2) is 19.2 Å². The standard InChI is InChI=1S/C22H21FN4O.C2HF3O2/c1-14-11-17(13-24-12-14)22(28)27-9-7-19-15(2)25-21(26-20(19)8-10-27)16-3-5-18(23)6-4-16;3-2(4,5)1(6)7/h3-6,11-13H,7-10H2,1-2H3;(H,6,7). The van der Waals surface area contributed by atoms with E-state index < -0.39 is 12.1 Å². The molecule has 0 radical (unpaired) electrons. The summed E-state index contributed by atoms with van der Waals surface area (Å²) in [6, 6.07) is 8.07. The van der Waals surface area contributed by atoms with Crippen molar-refractivity contribution in [2.75, 3.05) is 13.1 Å². The van der Waals surface area contributed by atoms with Gasteiger partial charge in [0.05, 0.1) is 5.56 Å². The quantitative estimate of drug-likeness (QED) is 0.542. The van der Waals surface area contributed by atoms with Gasteiger partial charge in [0.1, 0.15) is 5.82 Å². The maximum atomic E-state index is 13.2. The lowest BCUT2D eigenvalue weighted by molar-refractivity contribution is -0.192. The summed E-state index contributed by atoms with van der Waals surface area (Å²) in [4.78, 5) is 37.1. The number of alkyl halides is 3. The summed E-state index contributed by atoms with van der Waals surface area (Å²) in [5.74, 6) is -2.45. The van der Waals surface area contributed by atoms with Crippen LogP contribution in [0.25, 0.3) is 11.4 Å². The summed E-state index contributed by atoms with van der Waals surface area (Å²) >= 11 is 0. The molecular formula is C24H22F4N4O3. The number of carbonyl (C=O) groups is 2. The SMILES string of the molecule is Cc1cncc(C(=O)N2CCc3nc(-c4ccc(F)cc4)nc(C)c3CC2)c1.O=C(O)C(F)(F)F. The van der Waals surface area contributed by atoms with E-state index in [1.54, 1.807) is 24.5 Å². The van der Waals surface area contributed by atoms with Crippen LogP contribution in [0.3, 0.4) is 0 Å². The number of carboxylic acid groups (broad SMARTS) is 1. The molecule has 0 spiro atoms. The Balaban J connectivity index is 0.000000429. The van der Waals surface area contributed by atoms with Gasteiger partial charge in [0.15, 0.2) is 5.82 Å². The van der Waals surface area contributed by atoms with Crippen LogP contribution in [-0.4, -0.2) is 56.1 Å². The molecule has 3 aromatic rings. The van der Waals surface area contributed by atoms with Crippen molar-refractivity contribution >= 4 is 11.9 Å². The highest BCUT2D eigenvalue weighted by Crippen LogP contribution is 2.23. The topological polar surface area (TPSA) is 96.3 Å². The smallest absolute Gasteiger partial charge is 0.475 e. The molecule has 1 aliphatic rings. The third kappa shape index (κ3) is 6.58. The summed E-state index contributed by atoms with van der Waals surface area (Å²) in [5.41, 5.74) is 5.34. The first kappa shape index (κ1) is 25.7. The van der Waals surface area contributed by atoms with Gasteiger partial charge in [0, 0.05) is 48.9 Å². The molecule has 3 heterocycles. The van der Waals surface area contributed by atoms with Crippen LogP contribution in [0.1, 0.15) is 32.9 Å². The van der Waals surface area contributed by atoms with Gasteiger partial charge in [-0.2, -0.15) is 13.2 Å². The number of carboxylic acids is 1. The van der Waals surface area contributed by atoms with Gasteiger partial charge in [-0.3, -0.25) is 9.78 Å².